The number of pyridine rings is 1. The molecular weight excluding hydrogens is 686 g/mol. The Morgan fingerprint density at radius 1 is 1.07 bits per heavy atom. The predicted octanol–water partition coefficient (Wildman–Crippen LogP) is 14.8. The molecule has 0 saturated heterocycles. The number of Topliss-reactive ketones (excluding diaryl/α,β-unsaturated/α-hetero) is 1. The lowest BCUT2D eigenvalue weighted by Crippen LogP contribution is -2.13. The summed E-state index contributed by atoms with van der Waals surface area (Å²) in [5.41, 5.74) is 6.20. The van der Waals surface area contributed by atoms with E-state index in [-0.39, 0.29) is 5.78 Å². The molecule has 2 aromatic carbocycles. The Morgan fingerprint density at radius 2 is 1.80 bits per heavy atom. The first-order valence-electron chi connectivity index (χ1n) is 19.9. The SMILES string of the molecule is C/C=C(/CCCC)S/C=C/CC.C=C(C)CC(C)C(C)CCC(c1cccc(Nc2ccc(C#N)cc2F)n1)C1CC1C.CC(=O)c1ccc(C)c(C)c1. The number of thioether (sulfide) groups is 1. The number of unbranched alkanes of at least 4 members (excludes halogenated alkanes) is 1. The van der Waals surface area contributed by atoms with Crippen LogP contribution in [0.25, 0.3) is 0 Å². The molecule has 6 heteroatoms. The number of allylic oxidation sites excluding steroid dienone is 4. The Bertz CT molecular complexity index is 1740. The van der Waals surface area contributed by atoms with E-state index in [0.29, 0.717) is 40.7 Å². The molecule has 292 valence electrons. The van der Waals surface area contributed by atoms with Crippen LogP contribution in [-0.4, -0.2) is 10.8 Å². The van der Waals surface area contributed by atoms with Gasteiger partial charge in [-0.1, -0.05) is 77.0 Å². The number of nitrogens with zero attached hydrogens (tertiary/aromatic N) is 2. The van der Waals surface area contributed by atoms with Crippen LogP contribution >= 0.6 is 11.8 Å². The zero-order chi connectivity index (χ0) is 40.2. The lowest BCUT2D eigenvalue weighted by atomic mass is 9.83. The summed E-state index contributed by atoms with van der Waals surface area (Å²) in [4.78, 5) is 17.3. The number of aromatic nitrogens is 1. The van der Waals surface area contributed by atoms with Gasteiger partial charge in [-0.2, -0.15) is 5.26 Å². The average molecular weight is 752 g/mol. The van der Waals surface area contributed by atoms with E-state index in [4.69, 9.17) is 10.2 Å². The normalized spacial score (nSPS) is 16.5. The van der Waals surface area contributed by atoms with Crippen LogP contribution in [0.15, 0.2) is 89.2 Å². The second-order valence-corrected chi connectivity index (χ2v) is 16.2. The summed E-state index contributed by atoms with van der Waals surface area (Å²) < 4.78 is 14.3. The van der Waals surface area contributed by atoms with Crippen molar-refractivity contribution in [2.75, 3.05) is 5.32 Å². The molecule has 0 radical (unpaired) electrons. The van der Waals surface area contributed by atoms with E-state index < -0.39 is 5.82 Å². The van der Waals surface area contributed by atoms with E-state index in [2.05, 4.69) is 84.0 Å². The molecule has 4 rings (SSSR count). The topological polar surface area (TPSA) is 65.8 Å². The highest BCUT2D eigenvalue weighted by Gasteiger charge is 2.40. The van der Waals surface area contributed by atoms with Crippen LogP contribution in [-0.2, 0) is 0 Å². The number of carbonyl (C=O) groups is 1. The average Bonchev–Trinajstić information content (AvgIpc) is 3.87. The van der Waals surface area contributed by atoms with Crippen LogP contribution in [0.4, 0.5) is 15.9 Å². The molecule has 0 bridgehead atoms. The van der Waals surface area contributed by atoms with Gasteiger partial charge >= 0.3 is 0 Å². The molecular formula is C48H66FN3OS. The number of halogens is 1. The Hall–Kier alpha value is -3.95. The number of nitriles is 1. The summed E-state index contributed by atoms with van der Waals surface area (Å²) in [5, 5.41) is 14.2. The summed E-state index contributed by atoms with van der Waals surface area (Å²) in [5.74, 6) is 3.45. The number of rotatable bonds is 17. The monoisotopic (exact) mass is 751 g/mol. The third-order valence-corrected chi connectivity index (χ3v) is 11.4. The highest BCUT2D eigenvalue weighted by molar-refractivity contribution is 8.05. The highest BCUT2D eigenvalue weighted by Crippen LogP contribution is 2.50. The Labute approximate surface area is 331 Å². The van der Waals surface area contributed by atoms with Gasteiger partial charge in [-0.05, 0) is 161 Å². The fourth-order valence-electron chi connectivity index (χ4n) is 6.34. The summed E-state index contributed by atoms with van der Waals surface area (Å²) in [6.07, 6.45) is 14.0. The first-order chi connectivity index (χ1) is 25.7. The van der Waals surface area contributed by atoms with Crippen LogP contribution in [0.2, 0.25) is 0 Å². The van der Waals surface area contributed by atoms with E-state index in [9.17, 15) is 9.18 Å². The fraction of sp³-hybridized carbons (Fsp3) is 0.479. The van der Waals surface area contributed by atoms with Gasteiger partial charge < -0.3 is 5.32 Å². The Kier molecular flexibility index (Phi) is 20.9. The quantitative estimate of drug-likeness (QED) is 0.110. The summed E-state index contributed by atoms with van der Waals surface area (Å²) >= 11 is 1.87. The zero-order valence-corrected chi connectivity index (χ0v) is 35.6. The Balaban J connectivity index is 0.000000358. The van der Waals surface area contributed by atoms with Gasteiger partial charge in [0.2, 0.25) is 0 Å². The maximum absolute atomic E-state index is 14.3. The van der Waals surface area contributed by atoms with Crippen LogP contribution in [0.3, 0.4) is 0 Å². The number of aryl methyl sites for hydroxylation is 2. The van der Waals surface area contributed by atoms with E-state index in [1.54, 1.807) is 19.1 Å². The van der Waals surface area contributed by atoms with Crippen LogP contribution in [0.1, 0.15) is 145 Å². The first-order valence-corrected chi connectivity index (χ1v) is 20.7. The summed E-state index contributed by atoms with van der Waals surface area (Å²) in [7, 11) is 0. The fourth-order valence-corrected chi connectivity index (χ4v) is 7.20. The molecule has 3 aromatic rings. The lowest BCUT2D eigenvalue weighted by molar-refractivity contribution is 0.101. The standard InChI is InChI=1S/C27H34FN3.C11H20S.C10H12O/c1-17(2)13-19(4)18(3)9-11-22(23-14-20(23)5)25-7-6-8-27(30-25)31-26-12-10-21(16-29)15-24(26)28;1-4-7-9-11(6-3)12-10-8-5-2;1-7-4-5-10(9(3)11)6-8(7)2/h6-8,10,12,15,18-20,22-23H,1,9,11,13-14H2,2-5H3,(H,30,31);6,8,10H,4-5,7,9H2,1-3H3;4-6H,1-3H3/b;10-8+,11-6-;. The van der Waals surface area contributed by atoms with Gasteiger partial charge in [-0.3, -0.25) is 4.79 Å². The van der Waals surface area contributed by atoms with Gasteiger partial charge in [0.1, 0.15) is 11.6 Å². The third kappa shape index (κ3) is 16.6. The minimum Gasteiger partial charge on any atom is -0.338 e. The van der Waals surface area contributed by atoms with Crippen LogP contribution in [0.5, 0.6) is 0 Å². The van der Waals surface area contributed by atoms with Crippen molar-refractivity contribution >= 4 is 29.1 Å². The number of anilines is 2. The number of ketones is 1. The molecule has 1 saturated carbocycles. The van der Waals surface area contributed by atoms with Crippen molar-refractivity contribution < 1.29 is 9.18 Å². The maximum Gasteiger partial charge on any atom is 0.159 e. The van der Waals surface area contributed by atoms with Crippen molar-refractivity contribution in [1.82, 2.24) is 4.98 Å². The van der Waals surface area contributed by atoms with Gasteiger partial charge in [-0.25, -0.2) is 9.37 Å². The van der Waals surface area contributed by atoms with Gasteiger partial charge in [0.05, 0.1) is 17.3 Å². The largest absolute Gasteiger partial charge is 0.338 e. The van der Waals surface area contributed by atoms with Gasteiger partial charge in [0, 0.05) is 17.2 Å². The summed E-state index contributed by atoms with van der Waals surface area (Å²) in [6.45, 7) is 25.3. The van der Waals surface area contributed by atoms with E-state index in [0.717, 1.165) is 36.4 Å². The second kappa shape index (κ2) is 24.5. The minimum atomic E-state index is -0.445. The van der Waals surface area contributed by atoms with Crippen molar-refractivity contribution in [1.29, 1.82) is 5.26 Å². The number of nitrogens with one attached hydrogen (secondary N) is 1. The molecule has 1 aliphatic carbocycles. The summed E-state index contributed by atoms with van der Waals surface area (Å²) in [6, 6.07) is 18.2. The third-order valence-electron chi connectivity index (χ3n) is 10.3. The molecule has 5 atom stereocenters. The zero-order valence-electron chi connectivity index (χ0n) is 34.8. The van der Waals surface area contributed by atoms with E-state index in [1.807, 2.05) is 62.0 Å². The maximum atomic E-state index is 14.3. The van der Waals surface area contributed by atoms with E-state index >= 15 is 0 Å². The molecule has 5 unspecified atom stereocenters. The van der Waals surface area contributed by atoms with Gasteiger partial charge in [-0.15, -0.1) is 18.3 Å². The number of carbonyl (C=O) groups excluding carboxylic acids is 1. The lowest BCUT2D eigenvalue weighted by Gasteiger charge is -2.24. The highest BCUT2D eigenvalue weighted by atomic mass is 32.2. The predicted molar refractivity (Wildman–Crippen MR) is 232 cm³/mol. The van der Waals surface area contributed by atoms with Gasteiger partial charge in [0.25, 0.3) is 0 Å². The molecule has 1 aliphatic rings. The van der Waals surface area contributed by atoms with Crippen molar-refractivity contribution in [2.45, 2.75) is 127 Å². The number of hydrogen-bond acceptors (Lipinski definition) is 5. The number of hydrogen-bond donors (Lipinski definition) is 1. The number of benzene rings is 2. The van der Waals surface area contributed by atoms with Crippen LogP contribution < -0.4 is 5.32 Å². The van der Waals surface area contributed by atoms with Crippen molar-refractivity contribution in [3.63, 3.8) is 0 Å². The van der Waals surface area contributed by atoms with Gasteiger partial charge in [0.15, 0.2) is 5.78 Å². The van der Waals surface area contributed by atoms with E-state index in [1.165, 1.54) is 59.8 Å². The van der Waals surface area contributed by atoms with Crippen molar-refractivity contribution in [3.05, 3.63) is 123 Å². The molecule has 0 aliphatic heterocycles. The van der Waals surface area contributed by atoms with Crippen molar-refractivity contribution in [3.8, 4) is 6.07 Å². The second-order valence-electron chi connectivity index (χ2n) is 15.2. The molecule has 0 spiro atoms. The molecule has 1 fully saturated rings. The molecule has 0 amide bonds. The molecule has 4 nitrogen and oxygen atoms in total. The Morgan fingerprint density at radius 3 is 2.35 bits per heavy atom. The minimum absolute atomic E-state index is 0.133. The molecule has 1 N–H and O–H groups in total. The first kappa shape index (κ1) is 46.2. The van der Waals surface area contributed by atoms with Crippen LogP contribution in [0, 0.1) is 54.7 Å². The smallest absolute Gasteiger partial charge is 0.159 e. The molecule has 1 aromatic heterocycles. The molecule has 1 heterocycles. The van der Waals surface area contributed by atoms with Crippen molar-refractivity contribution in [2.24, 2.45) is 23.7 Å². The molecule has 54 heavy (non-hydrogen) atoms.